The van der Waals surface area contributed by atoms with E-state index in [0.717, 1.165) is 13.1 Å². The highest BCUT2D eigenvalue weighted by Gasteiger charge is 2.04. The van der Waals surface area contributed by atoms with Crippen molar-refractivity contribution in [2.24, 2.45) is 5.92 Å². The first-order chi connectivity index (χ1) is 7.02. The van der Waals surface area contributed by atoms with Gasteiger partial charge in [0.25, 0.3) is 0 Å². The number of hydrogen-bond acceptors (Lipinski definition) is 1. The van der Waals surface area contributed by atoms with Crippen molar-refractivity contribution in [1.82, 2.24) is 5.32 Å². The van der Waals surface area contributed by atoms with Crippen LogP contribution in [0.1, 0.15) is 30.5 Å². The first-order valence-electron chi connectivity index (χ1n) is 5.47. The van der Waals surface area contributed by atoms with Gasteiger partial charge in [0.1, 0.15) is 0 Å². The third kappa shape index (κ3) is 3.62. The van der Waals surface area contributed by atoms with Crippen molar-refractivity contribution in [3.05, 3.63) is 33.3 Å². The van der Waals surface area contributed by atoms with Gasteiger partial charge in [-0.1, -0.05) is 41.9 Å². The second-order valence-electron chi connectivity index (χ2n) is 4.51. The molecule has 2 heteroatoms. The Bertz CT molecular complexity index is 332. The molecule has 1 aromatic rings. The Morgan fingerprint density at radius 2 is 1.93 bits per heavy atom. The average molecular weight is 270 g/mol. The molecule has 84 valence electrons. The smallest absolute Gasteiger partial charge is 0.0236 e. The molecule has 0 bridgehead atoms. The topological polar surface area (TPSA) is 12.0 Å². The van der Waals surface area contributed by atoms with E-state index in [9.17, 15) is 0 Å². The SMILES string of the molecule is Cc1ccc(CNCC(C)C)c(C)c1Br. The fourth-order valence-corrected chi connectivity index (χ4v) is 1.93. The van der Waals surface area contributed by atoms with Crippen LogP contribution in [0.5, 0.6) is 0 Å². The molecule has 0 aromatic heterocycles. The minimum atomic E-state index is 0.708. The Hall–Kier alpha value is -0.340. The summed E-state index contributed by atoms with van der Waals surface area (Å²) in [6.07, 6.45) is 0. The maximum Gasteiger partial charge on any atom is 0.0236 e. The molecule has 0 spiro atoms. The zero-order valence-corrected chi connectivity index (χ0v) is 11.6. The Morgan fingerprint density at radius 3 is 2.53 bits per heavy atom. The molecular formula is C13H20BrN. The molecule has 0 amide bonds. The highest BCUT2D eigenvalue weighted by molar-refractivity contribution is 9.10. The molecule has 0 unspecified atom stereocenters. The number of rotatable bonds is 4. The van der Waals surface area contributed by atoms with Gasteiger partial charge in [-0.3, -0.25) is 0 Å². The molecule has 0 atom stereocenters. The van der Waals surface area contributed by atoms with Gasteiger partial charge in [0.05, 0.1) is 0 Å². The van der Waals surface area contributed by atoms with Crippen LogP contribution in [-0.2, 0) is 6.54 Å². The van der Waals surface area contributed by atoms with Crippen LogP contribution in [0.4, 0.5) is 0 Å². The standard InChI is InChI=1S/C13H20BrN/c1-9(2)7-15-8-12-6-5-10(3)13(14)11(12)4/h5-6,9,15H,7-8H2,1-4H3. The van der Waals surface area contributed by atoms with Crippen molar-refractivity contribution in [1.29, 1.82) is 0 Å². The molecule has 0 aliphatic carbocycles. The molecule has 0 saturated heterocycles. The summed E-state index contributed by atoms with van der Waals surface area (Å²) in [5.41, 5.74) is 4.04. The van der Waals surface area contributed by atoms with Crippen LogP contribution in [0.25, 0.3) is 0 Å². The quantitative estimate of drug-likeness (QED) is 0.877. The highest BCUT2D eigenvalue weighted by atomic mass is 79.9. The summed E-state index contributed by atoms with van der Waals surface area (Å²) in [6, 6.07) is 4.38. The van der Waals surface area contributed by atoms with Crippen LogP contribution in [0.2, 0.25) is 0 Å². The molecule has 0 saturated carbocycles. The molecule has 0 radical (unpaired) electrons. The molecule has 0 aliphatic heterocycles. The summed E-state index contributed by atoms with van der Waals surface area (Å²) >= 11 is 3.62. The van der Waals surface area contributed by atoms with Crippen LogP contribution in [-0.4, -0.2) is 6.54 Å². The zero-order valence-electron chi connectivity index (χ0n) is 10.0. The molecule has 0 heterocycles. The van der Waals surface area contributed by atoms with Crippen LogP contribution in [0, 0.1) is 19.8 Å². The van der Waals surface area contributed by atoms with E-state index in [-0.39, 0.29) is 0 Å². The maximum atomic E-state index is 3.62. The van der Waals surface area contributed by atoms with Gasteiger partial charge < -0.3 is 5.32 Å². The minimum absolute atomic E-state index is 0.708. The van der Waals surface area contributed by atoms with E-state index < -0.39 is 0 Å². The van der Waals surface area contributed by atoms with Gasteiger partial charge in [-0.25, -0.2) is 0 Å². The monoisotopic (exact) mass is 269 g/mol. The van der Waals surface area contributed by atoms with Crippen LogP contribution in [0.3, 0.4) is 0 Å². The van der Waals surface area contributed by atoms with E-state index in [1.54, 1.807) is 0 Å². The molecule has 15 heavy (non-hydrogen) atoms. The third-order valence-corrected chi connectivity index (χ3v) is 3.78. The average Bonchev–Trinajstić information content (AvgIpc) is 2.18. The summed E-state index contributed by atoms with van der Waals surface area (Å²) < 4.78 is 1.24. The molecule has 0 aliphatic rings. The molecule has 0 fully saturated rings. The van der Waals surface area contributed by atoms with E-state index in [0.29, 0.717) is 5.92 Å². The van der Waals surface area contributed by atoms with Crippen LogP contribution >= 0.6 is 15.9 Å². The highest BCUT2D eigenvalue weighted by Crippen LogP contribution is 2.23. The molecular weight excluding hydrogens is 250 g/mol. The fraction of sp³-hybridized carbons (Fsp3) is 0.538. The van der Waals surface area contributed by atoms with Gasteiger partial charge in [-0.05, 0) is 43.0 Å². The number of hydrogen-bond donors (Lipinski definition) is 1. The van der Waals surface area contributed by atoms with Crippen molar-refractivity contribution in [2.45, 2.75) is 34.2 Å². The number of benzene rings is 1. The normalized spacial score (nSPS) is 11.1. The summed E-state index contributed by atoms with van der Waals surface area (Å²) in [5, 5.41) is 3.47. The lowest BCUT2D eigenvalue weighted by molar-refractivity contribution is 0.551. The van der Waals surface area contributed by atoms with Crippen LogP contribution < -0.4 is 5.32 Å². The van der Waals surface area contributed by atoms with Crippen LogP contribution in [0.15, 0.2) is 16.6 Å². The van der Waals surface area contributed by atoms with Gasteiger partial charge >= 0.3 is 0 Å². The number of nitrogens with one attached hydrogen (secondary N) is 1. The lowest BCUT2D eigenvalue weighted by Gasteiger charge is -2.12. The maximum absolute atomic E-state index is 3.62. The molecule has 1 aromatic carbocycles. The third-order valence-electron chi connectivity index (χ3n) is 2.56. The lowest BCUT2D eigenvalue weighted by atomic mass is 10.1. The first kappa shape index (κ1) is 12.7. The lowest BCUT2D eigenvalue weighted by Crippen LogP contribution is -2.19. The van der Waals surface area contributed by atoms with Crippen molar-refractivity contribution in [3.8, 4) is 0 Å². The molecule has 1 nitrogen and oxygen atoms in total. The Kier molecular flexibility index (Phi) is 4.81. The summed E-state index contributed by atoms with van der Waals surface area (Å²) in [7, 11) is 0. The fourth-order valence-electron chi connectivity index (χ4n) is 1.55. The van der Waals surface area contributed by atoms with E-state index in [1.807, 2.05) is 0 Å². The summed E-state index contributed by atoms with van der Waals surface area (Å²) in [5.74, 6) is 0.708. The second-order valence-corrected chi connectivity index (χ2v) is 5.30. The van der Waals surface area contributed by atoms with E-state index in [4.69, 9.17) is 0 Å². The van der Waals surface area contributed by atoms with Gasteiger partial charge in [-0.15, -0.1) is 0 Å². The van der Waals surface area contributed by atoms with E-state index in [2.05, 4.69) is 61.1 Å². The van der Waals surface area contributed by atoms with Gasteiger partial charge in [0.2, 0.25) is 0 Å². The molecule has 1 N–H and O–H groups in total. The van der Waals surface area contributed by atoms with E-state index in [1.165, 1.54) is 21.2 Å². The Balaban J connectivity index is 2.66. The van der Waals surface area contributed by atoms with Crippen molar-refractivity contribution in [2.75, 3.05) is 6.54 Å². The number of aryl methyl sites for hydroxylation is 1. The minimum Gasteiger partial charge on any atom is -0.312 e. The Labute approximate surface area is 101 Å². The van der Waals surface area contributed by atoms with Crippen molar-refractivity contribution in [3.63, 3.8) is 0 Å². The first-order valence-corrected chi connectivity index (χ1v) is 6.27. The predicted molar refractivity (Wildman–Crippen MR) is 70.2 cm³/mol. The Morgan fingerprint density at radius 1 is 1.27 bits per heavy atom. The van der Waals surface area contributed by atoms with Crippen molar-refractivity contribution >= 4 is 15.9 Å². The van der Waals surface area contributed by atoms with Crippen molar-refractivity contribution < 1.29 is 0 Å². The van der Waals surface area contributed by atoms with Gasteiger partial charge in [0.15, 0.2) is 0 Å². The largest absolute Gasteiger partial charge is 0.312 e. The summed E-state index contributed by atoms with van der Waals surface area (Å²) in [4.78, 5) is 0. The van der Waals surface area contributed by atoms with Gasteiger partial charge in [-0.2, -0.15) is 0 Å². The molecule has 1 rings (SSSR count). The summed E-state index contributed by atoms with van der Waals surface area (Å²) in [6.45, 7) is 10.8. The predicted octanol–water partition coefficient (Wildman–Crippen LogP) is 3.81. The van der Waals surface area contributed by atoms with Gasteiger partial charge in [0, 0.05) is 11.0 Å². The zero-order chi connectivity index (χ0) is 11.4. The van der Waals surface area contributed by atoms with E-state index >= 15 is 0 Å². The number of halogens is 1. The second kappa shape index (κ2) is 5.66.